The van der Waals surface area contributed by atoms with E-state index in [1.165, 1.54) is 18.2 Å². The highest BCUT2D eigenvalue weighted by molar-refractivity contribution is 5.97. The number of fused-ring (bicyclic) bond motifs is 1. The third kappa shape index (κ3) is 3.30. The van der Waals surface area contributed by atoms with Crippen LogP contribution in [0.5, 0.6) is 0 Å². The number of nitrogens with zero attached hydrogens (tertiary/aromatic N) is 1. The molecule has 2 aromatic carbocycles. The number of hydrogen-bond donors (Lipinski definition) is 1. The Balaban J connectivity index is 1.69. The minimum Gasteiger partial charge on any atom is -0.325 e. The fraction of sp³-hybridized carbons (Fsp3) is 0.421. The van der Waals surface area contributed by atoms with E-state index in [0.717, 1.165) is 24.2 Å². The van der Waals surface area contributed by atoms with Crippen LogP contribution in [0.2, 0.25) is 0 Å². The lowest BCUT2D eigenvalue weighted by molar-refractivity contribution is -0.121. The molecule has 3 rings (SSSR count). The zero-order valence-corrected chi connectivity index (χ0v) is 13.4. The highest BCUT2D eigenvalue weighted by Crippen LogP contribution is 2.21. The molecule has 0 saturated carbocycles. The first-order valence-corrected chi connectivity index (χ1v) is 8.17. The summed E-state index contributed by atoms with van der Waals surface area (Å²) in [7, 11) is 0. The monoisotopic (exact) mass is 296 g/mol. The van der Waals surface area contributed by atoms with Crippen LogP contribution in [0.3, 0.4) is 0 Å². The van der Waals surface area contributed by atoms with Gasteiger partial charge in [-0.2, -0.15) is 0 Å². The van der Waals surface area contributed by atoms with Crippen molar-refractivity contribution in [2.75, 3.05) is 18.4 Å². The Labute approximate surface area is 132 Å². The van der Waals surface area contributed by atoms with Crippen LogP contribution < -0.4 is 5.32 Å². The molecule has 1 N–H and O–H groups in total. The molecule has 1 amide bonds. The van der Waals surface area contributed by atoms with Crippen molar-refractivity contribution < 1.29 is 4.79 Å². The number of anilines is 1. The van der Waals surface area contributed by atoms with Crippen LogP contribution in [-0.4, -0.2) is 29.9 Å². The molecule has 1 saturated heterocycles. The van der Waals surface area contributed by atoms with E-state index in [4.69, 9.17) is 0 Å². The molecule has 1 fully saturated rings. The zero-order chi connectivity index (χ0) is 15.5. The molecule has 0 aromatic heterocycles. The van der Waals surface area contributed by atoms with Crippen LogP contribution in [0.15, 0.2) is 42.5 Å². The number of rotatable bonds is 3. The number of carbonyl (C=O) groups excluding carboxylic acids is 1. The summed E-state index contributed by atoms with van der Waals surface area (Å²) in [6.07, 6.45) is 2.46. The Morgan fingerprint density at radius 1 is 1.23 bits per heavy atom. The first-order chi connectivity index (χ1) is 10.6. The lowest BCUT2D eigenvalue weighted by Gasteiger charge is -2.34. The van der Waals surface area contributed by atoms with Crippen molar-refractivity contribution in [2.45, 2.75) is 32.7 Å². The molecule has 0 bridgehead atoms. The lowest BCUT2D eigenvalue weighted by atomic mass is 9.99. The molecule has 0 unspecified atom stereocenters. The van der Waals surface area contributed by atoms with Crippen molar-refractivity contribution >= 4 is 22.4 Å². The molecule has 1 aliphatic heterocycles. The van der Waals surface area contributed by atoms with Crippen molar-refractivity contribution in [2.24, 2.45) is 5.92 Å². The molecule has 0 spiro atoms. The lowest BCUT2D eigenvalue weighted by Crippen LogP contribution is -2.46. The average molecular weight is 296 g/mol. The van der Waals surface area contributed by atoms with Crippen molar-refractivity contribution in [3.05, 3.63) is 42.5 Å². The summed E-state index contributed by atoms with van der Waals surface area (Å²) in [5.74, 6) is 0.772. The number of nitrogens with one attached hydrogen (secondary N) is 1. The summed E-state index contributed by atoms with van der Waals surface area (Å²) in [5, 5.41) is 5.41. The fourth-order valence-corrected chi connectivity index (χ4v) is 3.26. The smallest absolute Gasteiger partial charge is 0.241 e. The van der Waals surface area contributed by atoms with Gasteiger partial charge in [0.1, 0.15) is 0 Å². The van der Waals surface area contributed by atoms with Gasteiger partial charge in [0.2, 0.25) is 5.91 Å². The van der Waals surface area contributed by atoms with Crippen molar-refractivity contribution in [3.8, 4) is 0 Å². The molecular formula is C19H24N2O. The Morgan fingerprint density at radius 3 is 2.77 bits per heavy atom. The third-order valence-corrected chi connectivity index (χ3v) is 4.63. The second-order valence-electron chi connectivity index (χ2n) is 6.47. The van der Waals surface area contributed by atoms with Crippen molar-refractivity contribution in [1.29, 1.82) is 0 Å². The third-order valence-electron chi connectivity index (χ3n) is 4.63. The van der Waals surface area contributed by atoms with Gasteiger partial charge in [0.05, 0.1) is 6.04 Å². The Hall–Kier alpha value is -1.87. The van der Waals surface area contributed by atoms with Crippen LogP contribution >= 0.6 is 0 Å². The Morgan fingerprint density at radius 2 is 2.00 bits per heavy atom. The van der Waals surface area contributed by atoms with E-state index in [0.29, 0.717) is 5.92 Å². The number of carbonyl (C=O) groups is 1. The SMILES string of the molecule is C[C@H]1CCCN([C@@H](C)C(=O)Nc2ccc3ccccc3c2)C1. The highest BCUT2D eigenvalue weighted by atomic mass is 16.2. The molecular weight excluding hydrogens is 272 g/mol. The molecule has 3 heteroatoms. The minimum atomic E-state index is -0.0748. The van der Waals surface area contributed by atoms with Gasteiger partial charge in [-0.05, 0) is 55.1 Å². The minimum absolute atomic E-state index is 0.0748. The van der Waals surface area contributed by atoms with E-state index in [1.54, 1.807) is 0 Å². The number of hydrogen-bond acceptors (Lipinski definition) is 2. The zero-order valence-electron chi connectivity index (χ0n) is 13.4. The van der Waals surface area contributed by atoms with Crippen molar-refractivity contribution in [1.82, 2.24) is 4.90 Å². The normalized spacial score (nSPS) is 20.7. The maximum Gasteiger partial charge on any atom is 0.241 e. The first kappa shape index (κ1) is 15.0. The quantitative estimate of drug-likeness (QED) is 0.931. The van der Waals surface area contributed by atoms with E-state index >= 15 is 0 Å². The van der Waals surface area contributed by atoms with Gasteiger partial charge in [-0.1, -0.05) is 37.3 Å². The summed E-state index contributed by atoms with van der Waals surface area (Å²) in [6, 6.07) is 14.2. The molecule has 0 aliphatic carbocycles. The topological polar surface area (TPSA) is 32.3 Å². The summed E-state index contributed by atoms with van der Waals surface area (Å²) < 4.78 is 0. The van der Waals surface area contributed by atoms with E-state index in [-0.39, 0.29) is 11.9 Å². The van der Waals surface area contributed by atoms with Crippen LogP contribution in [0.4, 0.5) is 5.69 Å². The summed E-state index contributed by atoms with van der Waals surface area (Å²) in [4.78, 5) is 14.8. The van der Waals surface area contributed by atoms with Gasteiger partial charge in [0.15, 0.2) is 0 Å². The van der Waals surface area contributed by atoms with Crippen LogP contribution in [0.25, 0.3) is 10.8 Å². The molecule has 116 valence electrons. The molecule has 1 aliphatic rings. The summed E-state index contributed by atoms with van der Waals surface area (Å²) >= 11 is 0. The van der Waals surface area contributed by atoms with Gasteiger partial charge in [-0.3, -0.25) is 9.69 Å². The van der Waals surface area contributed by atoms with Gasteiger partial charge in [-0.25, -0.2) is 0 Å². The van der Waals surface area contributed by atoms with E-state index in [1.807, 2.05) is 31.2 Å². The number of piperidine rings is 1. The highest BCUT2D eigenvalue weighted by Gasteiger charge is 2.25. The fourth-order valence-electron chi connectivity index (χ4n) is 3.26. The number of benzene rings is 2. The number of amides is 1. The Bertz CT molecular complexity index is 667. The van der Waals surface area contributed by atoms with Gasteiger partial charge in [0.25, 0.3) is 0 Å². The summed E-state index contributed by atoms with van der Waals surface area (Å²) in [6.45, 7) is 6.32. The standard InChI is InChI=1S/C19H24N2O/c1-14-6-5-11-21(13-14)15(2)19(22)20-18-10-9-16-7-3-4-8-17(16)12-18/h3-4,7-10,12,14-15H,5-6,11,13H2,1-2H3,(H,20,22)/t14-,15-/m0/s1. The van der Waals surface area contributed by atoms with Crippen molar-refractivity contribution in [3.63, 3.8) is 0 Å². The first-order valence-electron chi connectivity index (χ1n) is 8.17. The number of likely N-dealkylation sites (tertiary alicyclic amines) is 1. The Kier molecular flexibility index (Phi) is 4.44. The predicted octanol–water partition coefficient (Wildman–Crippen LogP) is 3.90. The van der Waals surface area contributed by atoms with E-state index < -0.39 is 0 Å². The van der Waals surface area contributed by atoms with Crippen LogP contribution in [0, 0.1) is 5.92 Å². The predicted molar refractivity (Wildman–Crippen MR) is 92.0 cm³/mol. The second-order valence-corrected chi connectivity index (χ2v) is 6.47. The molecule has 0 radical (unpaired) electrons. The summed E-state index contributed by atoms with van der Waals surface area (Å²) in [5.41, 5.74) is 0.876. The van der Waals surface area contributed by atoms with E-state index in [2.05, 4.69) is 35.3 Å². The van der Waals surface area contributed by atoms with Crippen LogP contribution in [0.1, 0.15) is 26.7 Å². The average Bonchev–Trinajstić information content (AvgIpc) is 2.54. The molecule has 1 heterocycles. The largest absolute Gasteiger partial charge is 0.325 e. The molecule has 2 atom stereocenters. The van der Waals surface area contributed by atoms with Gasteiger partial charge >= 0.3 is 0 Å². The van der Waals surface area contributed by atoms with Gasteiger partial charge in [-0.15, -0.1) is 0 Å². The van der Waals surface area contributed by atoms with Gasteiger partial charge < -0.3 is 5.32 Å². The van der Waals surface area contributed by atoms with Crippen LogP contribution in [-0.2, 0) is 4.79 Å². The van der Waals surface area contributed by atoms with E-state index in [9.17, 15) is 4.79 Å². The van der Waals surface area contributed by atoms with Gasteiger partial charge in [0, 0.05) is 12.2 Å². The molecule has 2 aromatic rings. The second kappa shape index (κ2) is 6.49. The molecule has 3 nitrogen and oxygen atoms in total. The maximum absolute atomic E-state index is 12.5. The maximum atomic E-state index is 12.5. The molecule has 22 heavy (non-hydrogen) atoms.